The van der Waals surface area contributed by atoms with E-state index in [0.717, 1.165) is 22.7 Å². The summed E-state index contributed by atoms with van der Waals surface area (Å²) in [6.07, 6.45) is 1.60. The summed E-state index contributed by atoms with van der Waals surface area (Å²) in [6, 6.07) is 13.1. The molecular weight excluding hydrogens is 462 g/mol. The van der Waals surface area contributed by atoms with Crippen molar-refractivity contribution < 1.29 is 19.0 Å². The van der Waals surface area contributed by atoms with Gasteiger partial charge >= 0.3 is 0 Å². The molecule has 1 amide bonds. The third-order valence-electron chi connectivity index (χ3n) is 4.61. The number of hydrogen-bond donors (Lipinski definition) is 1. The molecule has 0 radical (unpaired) electrons. The molecule has 33 heavy (non-hydrogen) atoms. The van der Waals surface area contributed by atoms with E-state index in [4.69, 9.17) is 14.2 Å². The second-order valence-corrected chi connectivity index (χ2v) is 8.43. The summed E-state index contributed by atoms with van der Waals surface area (Å²) >= 11 is 2.64. The fourth-order valence-electron chi connectivity index (χ4n) is 3.01. The van der Waals surface area contributed by atoms with Crippen LogP contribution in [0, 0.1) is 0 Å². The number of carbonyl (C=O) groups is 1. The van der Waals surface area contributed by atoms with Crippen molar-refractivity contribution in [2.24, 2.45) is 0 Å². The molecular formula is C22H21N5O4S2. The maximum Gasteiger partial charge on any atom is 0.236 e. The quantitative estimate of drug-likeness (QED) is 0.355. The number of anilines is 1. The monoisotopic (exact) mass is 483 g/mol. The highest BCUT2D eigenvalue weighted by Gasteiger charge is 2.14. The molecule has 4 aromatic rings. The summed E-state index contributed by atoms with van der Waals surface area (Å²) in [5.74, 6) is 1.96. The third-order valence-corrected chi connectivity index (χ3v) is 6.31. The number of nitrogens with one attached hydrogen (secondary N) is 1. The summed E-state index contributed by atoms with van der Waals surface area (Å²) in [5.41, 5.74) is 2.45. The Morgan fingerprint density at radius 3 is 2.73 bits per heavy atom. The van der Waals surface area contributed by atoms with Crippen LogP contribution in [0.2, 0.25) is 0 Å². The molecule has 0 saturated carbocycles. The average molecular weight is 484 g/mol. The Bertz CT molecular complexity index is 1260. The molecule has 0 spiro atoms. The fraction of sp³-hybridized carbons (Fsp3) is 0.182. The zero-order valence-electron chi connectivity index (χ0n) is 18.1. The molecule has 0 aliphatic carbocycles. The lowest BCUT2D eigenvalue weighted by Crippen LogP contribution is -2.14. The van der Waals surface area contributed by atoms with Crippen molar-refractivity contribution in [1.29, 1.82) is 0 Å². The number of hydrogen-bond acceptors (Lipinski definition) is 9. The standard InChI is InChI=1S/C22H21N5O4S2/c1-29-16-6-4-5-15(10-16)27-13-23-26-22(27)33-12-20(28)25-21-24-17(11-32-21)14-7-8-18(30-2)19(9-14)31-3/h4-11,13H,12H2,1-3H3,(H,24,25,28). The SMILES string of the molecule is COc1cccc(-n2cnnc2SCC(=O)Nc2nc(-c3ccc(OC)c(OC)c3)cs2)c1. The van der Waals surface area contributed by atoms with Gasteiger partial charge in [-0.1, -0.05) is 17.8 Å². The second kappa shape index (κ2) is 10.4. The van der Waals surface area contributed by atoms with Crippen molar-refractivity contribution in [1.82, 2.24) is 19.7 Å². The number of rotatable bonds is 9. The minimum absolute atomic E-state index is 0.161. The number of methoxy groups -OCH3 is 3. The molecule has 9 nitrogen and oxygen atoms in total. The normalized spacial score (nSPS) is 10.6. The molecule has 0 fully saturated rings. The van der Waals surface area contributed by atoms with Gasteiger partial charge < -0.3 is 19.5 Å². The summed E-state index contributed by atoms with van der Waals surface area (Å²) in [6.45, 7) is 0. The van der Waals surface area contributed by atoms with Gasteiger partial charge in [0.15, 0.2) is 21.8 Å². The van der Waals surface area contributed by atoms with E-state index in [9.17, 15) is 4.79 Å². The van der Waals surface area contributed by atoms with Crippen LogP contribution in [0.4, 0.5) is 5.13 Å². The zero-order valence-corrected chi connectivity index (χ0v) is 19.8. The molecule has 0 unspecified atom stereocenters. The lowest BCUT2D eigenvalue weighted by Gasteiger charge is -2.08. The first-order valence-corrected chi connectivity index (χ1v) is 11.6. The van der Waals surface area contributed by atoms with Gasteiger partial charge in [-0.15, -0.1) is 21.5 Å². The van der Waals surface area contributed by atoms with Gasteiger partial charge in [-0.05, 0) is 30.3 Å². The smallest absolute Gasteiger partial charge is 0.236 e. The van der Waals surface area contributed by atoms with E-state index in [0.29, 0.717) is 21.8 Å². The van der Waals surface area contributed by atoms with Crippen molar-refractivity contribution in [3.8, 4) is 34.2 Å². The Labute approximate surface area is 198 Å². The van der Waals surface area contributed by atoms with E-state index < -0.39 is 0 Å². The number of thioether (sulfide) groups is 1. The van der Waals surface area contributed by atoms with Gasteiger partial charge in [0.05, 0.1) is 38.5 Å². The molecule has 4 rings (SSSR count). The van der Waals surface area contributed by atoms with E-state index >= 15 is 0 Å². The Kier molecular flexibility index (Phi) is 7.10. The molecule has 0 bridgehead atoms. The van der Waals surface area contributed by atoms with Crippen molar-refractivity contribution in [3.05, 3.63) is 54.2 Å². The molecule has 0 aliphatic rings. The maximum absolute atomic E-state index is 12.5. The van der Waals surface area contributed by atoms with Crippen molar-refractivity contribution in [2.75, 3.05) is 32.4 Å². The first kappa shape index (κ1) is 22.6. The Morgan fingerprint density at radius 2 is 1.94 bits per heavy atom. The number of amides is 1. The van der Waals surface area contributed by atoms with Crippen LogP contribution in [0.1, 0.15) is 0 Å². The van der Waals surface area contributed by atoms with Gasteiger partial charge in [-0.2, -0.15) is 0 Å². The minimum Gasteiger partial charge on any atom is -0.497 e. The highest BCUT2D eigenvalue weighted by Crippen LogP contribution is 2.33. The van der Waals surface area contributed by atoms with Crippen LogP contribution in [-0.2, 0) is 4.79 Å². The minimum atomic E-state index is -0.187. The van der Waals surface area contributed by atoms with E-state index in [1.165, 1.54) is 23.1 Å². The Balaban J connectivity index is 1.39. The molecule has 11 heteroatoms. The summed E-state index contributed by atoms with van der Waals surface area (Å²) in [7, 11) is 4.78. The van der Waals surface area contributed by atoms with Gasteiger partial charge in [0.25, 0.3) is 0 Å². The molecule has 0 saturated heterocycles. The van der Waals surface area contributed by atoms with E-state index in [2.05, 4.69) is 20.5 Å². The lowest BCUT2D eigenvalue weighted by molar-refractivity contribution is -0.113. The molecule has 2 aromatic heterocycles. The molecule has 2 heterocycles. The van der Waals surface area contributed by atoms with Crippen molar-refractivity contribution >= 4 is 34.1 Å². The molecule has 0 atom stereocenters. The highest BCUT2D eigenvalue weighted by molar-refractivity contribution is 7.99. The topological polar surface area (TPSA) is 100 Å². The highest BCUT2D eigenvalue weighted by atomic mass is 32.2. The van der Waals surface area contributed by atoms with Gasteiger partial charge in [0.2, 0.25) is 5.91 Å². The number of aromatic nitrogens is 4. The van der Waals surface area contributed by atoms with Crippen LogP contribution >= 0.6 is 23.1 Å². The van der Waals surface area contributed by atoms with Gasteiger partial charge in [0, 0.05) is 17.0 Å². The van der Waals surface area contributed by atoms with Gasteiger partial charge in [-0.25, -0.2) is 4.98 Å². The van der Waals surface area contributed by atoms with Crippen LogP contribution in [0.5, 0.6) is 17.2 Å². The molecule has 170 valence electrons. The van der Waals surface area contributed by atoms with Crippen LogP contribution in [0.15, 0.2) is 59.3 Å². The van der Waals surface area contributed by atoms with Crippen molar-refractivity contribution in [2.45, 2.75) is 5.16 Å². The van der Waals surface area contributed by atoms with Gasteiger partial charge in [0.1, 0.15) is 12.1 Å². The van der Waals surface area contributed by atoms with Crippen LogP contribution in [-0.4, -0.2) is 52.7 Å². The summed E-state index contributed by atoms with van der Waals surface area (Å²) in [4.78, 5) is 17.0. The lowest BCUT2D eigenvalue weighted by atomic mass is 10.1. The van der Waals surface area contributed by atoms with E-state index in [1.807, 2.05) is 47.8 Å². The zero-order chi connectivity index (χ0) is 23.2. The van der Waals surface area contributed by atoms with Crippen LogP contribution in [0.3, 0.4) is 0 Å². The van der Waals surface area contributed by atoms with Crippen molar-refractivity contribution in [3.63, 3.8) is 0 Å². The predicted octanol–water partition coefficient (Wildman–Crippen LogP) is 4.15. The predicted molar refractivity (Wildman–Crippen MR) is 128 cm³/mol. The van der Waals surface area contributed by atoms with E-state index in [-0.39, 0.29) is 11.7 Å². The maximum atomic E-state index is 12.5. The number of carbonyl (C=O) groups excluding carboxylic acids is 1. The summed E-state index contributed by atoms with van der Waals surface area (Å²) in [5, 5.41) is 13.9. The fourth-order valence-corrected chi connectivity index (χ4v) is 4.47. The molecule has 2 aromatic carbocycles. The summed E-state index contributed by atoms with van der Waals surface area (Å²) < 4.78 is 17.7. The van der Waals surface area contributed by atoms with Gasteiger partial charge in [-0.3, -0.25) is 9.36 Å². The van der Waals surface area contributed by atoms with Crippen LogP contribution < -0.4 is 19.5 Å². The van der Waals surface area contributed by atoms with Crippen LogP contribution in [0.25, 0.3) is 16.9 Å². The first-order valence-electron chi connectivity index (χ1n) is 9.76. The third kappa shape index (κ3) is 5.26. The Hall–Kier alpha value is -3.57. The molecule has 0 aliphatic heterocycles. The Morgan fingerprint density at radius 1 is 1.09 bits per heavy atom. The van der Waals surface area contributed by atoms with E-state index in [1.54, 1.807) is 32.2 Å². The largest absolute Gasteiger partial charge is 0.497 e. The number of thiazole rings is 1. The molecule has 1 N–H and O–H groups in total. The average Bonchev–Trinajstić information content (AvgIpc) is 3.52. The second-order valence-electron chi connectivity index (χ2n) is 6.63. The number of ether oxygens (including phenoxy) is 3. The number of benzene rings is 2. The number of nitrogens with zero attached hydrogens (tertiary/aromatic N) is 4. The first-order chi connectivity index (χ1) is 16.1.